The topological polar surface area (TPSA) is 147 Å². The number of nitrogens with one attached hydrogen (secondary N) is 2. The SMILES string of the molecule is COc1cccc(NC(=O)NC2CC(C(=O)N3CCCC3C(N)=O)N(C(=O)c3ccco3)C2)c1. The van der Waals surface area contributed by atoms with E-state index >= 15 is 0 Å². The number of carbonyl (C=O) groups is 4. The summed E-state index contributed by atoms with van der Waals surface area (Å²) in [6.07, 6.45) is 2.72. The van der Waals surface area contributed by atoms with Crippen molar-refractivity contribution in [1.82, 2.24) is 15.1 Å². The highest BCUT2D eigenvalue weighted by Crippen LogP contribution is 2.27. The molecule has 2 fully saturated rings. The predicted octanol–water partition coefficient (Wildman–Crippen LogP) is 1.17. The summed E-state index contributed by atoms with van der Waals surface area (Å²) in [5.41, 5.74) is 6.02. The van der Waals surface area contributed by atoms with Crippen molar-refractivity contribution in [3.63, 3.8) is 0 Å². The number of urea groups is 1. The number of carbonyl (C=O) groups excluding carboxylic acids is 4. The van der Waals surface area contributed by atoms with Gasteiger partial charge in [-0.3, -0.25) is 14.4 Å². The second-order valence-electron chi connectivity index (χ2n) is 8.31. The highest BCUT2D eigenvalue weighted by atomic mass is 16.5. The third kappa shape index (κ3) is 4.82. The quantitative estimate of drug-likeness (QED) is 0.579. The van der Waals surface area contributed by atoms with Gasteiger partial charge in [0.1, 0.15) is 17.8 Å². The predicted molar refractivity (Wildman–Crippen MR) is 121 cm³/mol. The Balaban J connectivity index is 1.49. The molecule has 4 N–H and O–H groups in total. The molecule has 34 heavy (non-hydrogen) atoms. The Morgan fingerprint density at radius 2 is 1.94 bits per heavy atom. The average molecular weight is 469 g/mol. The Morgan fingerprint density at radius 3 is 2.65 bits per heavy atom. The second-order valence-corrected chi connectivity index (χ2v) is 8.31. The molecule has 1 aromatic carbocycles. The lowest BCUT2D eigenvalue weighted by molar-refractivity contribution is -0.140. The normalized spacial score (nSPS) is 21.9. The molecule has 11 heteroatoms. The van der Waals surface area contributed by atoms with Crippen LogP contribution in [0.15, 0.2) is 47.1 Å². The molecule has 2 aliphatic heterocycles. The van der Waals surface area contributed by atoms with Crippen LogP contribution in [-0.4, -0.2) is 71.9 Å². The number of likely N-dealkylation sites (tertiary alicyclic amines) is 2. The van der Waals surface area contributed by atoms with E-state index in [1.807, 2.05) is 0 Å². The molecule has 0 radical (unpaired) electrons. The minimum atomic E-state index is -0.861. The van der Waals surface area contributed by atoms with Crippen molar-refractivity contribution in [3.05, 3.63) is 48.4 Å². The standard InChI is InChI=1S/C23H27N5O6/c1-33-16-6-2-5-14(11-16)25-23(32)26-15-12-18(21(30)27-9-3-7-17(27)20(24)29)28(13-15)22(31)19-8-4-10-34-19/h2,4-6,8,10-11,15,17-18H,3,7,9,12-13H2,1H3,(H2,24,29)(H2,25,26,32). The van der Waals surface area contributed by atoms with E-state index in [0.29, 0.717) is 30.8 Å². The van der Waals surface area contributed by atoms with Gasteiger partial charge in [-0.15, -0.1) is 0 Å². The van der Waals surface area contributed by atoms with Crippen LogP contribution in [0.2, 0.25) is 0 Å². The summed E-state index contributed by atoms with van der Waals surface area (Å²) in [6, 6.07) is 7.46. The minimum Gasteiger partial charge on any atom is -0.497 e. The number of benzene rings is 1. The van der Waals surface area contributed by atoms with E-state index in [1.165, 1.54) is 29.2 Å². The van der Waals surface area contributed by atoms with Gasteiger partial charge >= 0.3 is 6.03 Å². The molecule has 5 amide bonds. The Bertz CT molecular complexity index is 1070. The van der Waals surface area contributed by atoms with Crippen LogP contribution in [-0.2, 0) is 9.59 Å². The van der Waals surface area contributed by atoms with Crippen molar-refractivity contribution in [2.24, 2.45) is 5.73 Å². The first-order valence-corrected chi connectivity index (χ1v) is 11.0. The van der Waals surface area contributed by atoms with Crippen molar-refractivity contribution in [3.8, 4) is 5.75 Å². The Morgan fingerprint density at radius 1 is 1.12 bits per heavy atom. The fraction of sp³-hybridized carbons (Fsp3) is 0.391. The van der Waals surface area contributed by atoms with Crippen molar-refractivity contribution in [2.75, 3.05) is 25.5 Å². The molecule has 3 heterocycles. The van der Waals surface area contributed by atoms with E-state index in [2.05, 4.69) is 10.6 Å². The van der Waals surface area contributed by atoms with E-state index in [0.717, 1.165) is 0 Å². The van der Waals surface area contributed by atoms with E-state index < -0.39 is 36.0 Å². The highest BCUT2D eigenvalue weighted by molar-refractivity contribution is 5.97. The Kier molecular flexibility index (Phi) is 6.71. The van der Waals surface area contributed by atoms with E-state index in [-0.39, 0.29) is 24.6 Å². The van der Waals surface area contributed by atoms with Crippen molar-refractivity contribution < 1.29 is 28.3 Å². The molecule has 0 aliphatic carbocycles. The van der Waals surface area contributed by atoms with E-state index in [1.54, 1.807) is 30.3 Å². The van der Waals surface area contributed by atoms with Gasteiger partial charge in [-0.05, 0) is 43.5 Å². The number of hydrogen-bond donors (Lipinski definition) is 3. The molecule has 2 aliphatic rings. The molecule has 180 valence electrons. The lowest BCUT2D eigenvalue weighted by Crippen LogP contribution is -2.52. The maximum Gasteiger partial charge on any atom is 0.319 e. The van der Waals surface area contributed by atoms with E-state index in [4.69, 9.17) is 14.9 Å². The van der Waals surface area contributed by atoms with Gasteiger partial charge in [-0.25, -0.2) is 4.79 Å². The number of methoxy groups -OCH3 is 1. The summed E-state index contributed by atoms with van der Waals surface area (Å²) in [5.74, 6) is -0.712. The first-order chi connectivity index (χ1) is 16.4. The Hall–Kier alpha value is -4.02. The summed E-state index contributed by atoms with van der Waals surface area (Å²) >= 11 is 0. The van der Waals surface area contributed by atoms with Crippen LogP contribution < -0.4 is 21.1 Å². The van der Waals surface area contributed by atoms with Gasteiger partial charge in [0, 0.05) is 24.8 Å². The number of anilines is 1. The molecule has 3 unspecified atom stereocenters. The lowest BCUT2D eigenvalue weighted by Gasteiger charge is -2.29. The molecule has 1 aromatic heterocycles. The Labute approximate surface area is 196 Å². The van der Waals surface area contributed by atoms with Gasteiger partial charge in [-0.2, -0.15) is 0 Å². The van der Waals surface area contributed by atoms with Crippen molar-refractivity contribution >= 4 is 29.4 Å². The zero-order valence-electron chi connectivity index (χ0n) is 18.7. The van der Waals surface area contributed by atoms with Crippen LogP contribution in [0.5, 0.6) is 5.75 Å². The molecular weight excluding hydrogens is 442 g/mol. The number of primary amides is 1. The van der Waals surface area contributed by atoms with Crippen molar-refractivity contribution in [1.29, 1.82) is 0 Å². The first-order valence-electron chi connectivity index (χ1n) is 11.0. The lowest BCUT2D eigenvalue weighted by atomic mass is 10.1. The third-order valence-corrected chi connectivity index (χ3v) is 6.11. The first kappa shape index (κ1) is 23.1. The summed E-state index contributed by atoms with van der Waals surface area (Å²) < 4.78 is 10.4. The minimum absolute atomic E-state index is 0.0900. The number of furan rings is 1. The van der Waals surface area contributed by atoms with Gasteiger partial charge in [0.05, 0.1) is 19.4 Å². The summed E-state index contributed by atoms with van der Waals surface area (Å²) in [6.45, 7) is 0.497. The van der Waals surface area contributed by atoms with Crippen molar-refractivity contribution in [2.45, 2.75) is 37.4 Å². The molecule has 0 saturated carbocycles. The molecule has 2 saturated heterocycles. The maximum atomic E-state index is 13.4. The smallest absolute Gasteiger partial charge is 0.319 e. The summed E-state index contributed by atoms with van der Waals surface area (Å²) in [4.78, 5) is 53.7. The number of nitrogens with zero attached hydrogens (tertiary/aromatic N) is 2. The van der Waals surface area contributed by atoms with Gasteiger partial charge in [0.15, 0.2) is 5.76 Å². The number of ether oxygens (including phenoxy) is 1. The highest BCUT2D eigenvalue weighted by Gasteiger charge is 2.45. The molecule has 0 bridgehead atoms. The maximum absolute atomic E-state index is 13.4. The van der Waals surface area contributed by atoms with Crippen LogP contribution in [0.4, 0.5) is 10.5 Å². The van der Waals surface area contributed by atoms with Crippen LogP contribution in [0, 0.1) is 0 Å². The van der Waals surface area contributed by atoms with Gasteiger partial charge in [0.25, 0.3) is 5.91 Å². The fourth-order valence-corrected chi connectivity index (χ4v) is 4.51. The molecule has 2 aromatic rings. The largest absolute Gasteiger partial charge is 0.497 e. The molecule has 4 rings (SSSR count). The van der Waals surface area contributed by atoms with E-state index in [9.17, 15) is 19.2 Å². The van der Waals surface area contributed by atoms with Crippen LogP contribution in [0.1, 0.15) is 29.8 Å². The number of rotatable bonds is 6. The van der Waals surface area contributed by atoms with Gasteiger partial charge < -0.3 is 35.3 Å². The van der Waals surface area contributed by atoms with Crippen LogP contribution in [0.25, 0.3) is 0 Å². The molecule has 11 nitrogen and oxygen atoms in total. The molecule has 0 spiro atoms. The zero-order chi connectivity index (χ0) is 24.2. The molecular formula is C23H27N5O6. The second kappa shape index (κ2) is 9.86. The van der Waals surface area contributed by atoms with Crippen LogP contribution in [0.3, 0.4) is 0 Å². The number of hydrogen-bond acceptors (Lipinski definition) is 6. The number of nitrogens with two attached hydrogens (primary N) is 1. The monoisotopic (exact) mass is 469 g/mol. The zero-order valence-corrected chi connectivity index (χ0v) is 18.7. The van der Waals surface area contributed by atoms with Crippen LogP contribution >= 0.6 is 0 Å². The molecule has 3 atom stereocenters. The van der Waals surface area contributed by atoms with Gasteiger partial charge in [-0.1, -0.05) is 6.07 Å². The summed E-state index contributed by atoms with van der Waals surface area (Å²) in [5, 5.41) is 5.55. The third-order valence-electron chi connectivity index (χ3n) is 6.11. The summed E-state index contributed by atoms with van der Waals surface area (Å²) in [7, 11) is 1.53. The average Bonchev–Trinajstić information content (AvgIpc) is 3.59. The number of amides is 5. The van der Waals surface area contributed by atoms with Gasteiger partial charge in [0.2, 0.25) is 11.8 Å². The fourth-order valence-electron chi connectivity index (χ4n) is 4.51.